The number of hydrogen-bond donors (Lipinski definition) is 1. The maximum absolute atomic E-state index is 11.9. The minimum Gasteiger partial charge on any atom is -0.408 e. The lowest BCUT2D eigenvalue weighted by atomic mass is 10.1. The summed E-state index contributed by atoms with van der Waals surface area (Å²) < 4.78 is 6.55. The van der Waals surface area contributed by atoms with Gasteiger partial charge in [0, 0.05) is 19.7 Å². The molecule has 0 saturated carbocycles. The molecule has 0 fully saturated rings. The van der Waals surface area contributed by atoms with Crippen molar-refractivity contribution in [1.29, 1.82) is 0 Å². The van der Waals surface area contributed by atoms with Crippen LogP contribution in [-0.4, -0.2) is 15.5 Å². The lowest BCUT2D eigenvalue weighted by Gasteiger charge is -2.05. The Morgan fingerprint density at radius 2 is 2.17 bits per heavy atom. The minimum atomic E-state index is -0.384. The summed E-state index contributed by atoms with van der Waals surface area (Å²) in [6.45, 7) is 0.426. The smallest absolute Gasteiger partial charge is 0.408 e. The van der Waals surface area contributed by atoms with Crippen LogP contribution in [0.25, 0.3) is 11.1 Å². The Bertz CT molecular complexity index is 881. The van der Waals surface area contributed by atoms with Gasteiger partial charge in [0.05, 0.1) is 17.8 Å². The van der Waals surface area contributed by atoms with Crippen LogP contribution in [0.3, 0.4) is 0 Å². The van der Waals surface area contributed by atoms with E-state index in [0.717, 1.165) is 16.8 Å². The van der Waals surface area contributed by atoms with Gasteiger partial charge >= 0.3 is 5.76 Å². The minimum absolute atomic E-state index is 0.0307. The molecule has 3 rings (SSSR count). The van der Waals surface area contributed by atoms with Gasteiger partial charge in [-0.3, -0.25) is 14.3 Å². The molecule has 1 amide bonds. The summed E-state index contributed by atoms with van der Waals surface area (Å²) >= 11 is 0. The summed E-state index contributed by atoms with van der Waals surface area (Å²) in [5.41, 5.74) is 3.11. The summed E-state index contributed by atoms with van der Waals surface area (Å²) in [4.78, 5) is 27.5. The molecule has 6 nitrogen and oxygen atoms in total. The Hall–Kier alpha value is -2.89. The standard InChI is InChI=1S/C17H17N3O3/c1-20-14-10-12(5-7-15(14)23-17(20)22)6-8-16(21)19-11-13-4-2-3-9-18-13/h2-5,7,9-10H,6,8,11H2,1H3,(H,19,21). The summed E-state index contributed by atoms with van der Waals surface area (Å²) in [7, 11) is 1.66. The number of nitrogens with zero attached hydrogens (tertiary/aromatic N) is 2. The maximum Gasteiger partial charge on any atom is 0.419 e. The van der Waals surface area contributed by atoms with Crippen molar-refractivity contribution in [3.8, 4) is 0 Å². The van der Waals surface area contributed by atoms with Gasteiger partial charge in [0.1, 0.15) is 0 Å². The number of fused-ring (bicyclic) bond motifs is 1. The third-order valence-electron chi connectivity index (χ3n) is 3.69. The number of amides is 1. The van der Waals surface area contributed by atoms with E-state index in [0.29, 0.717) is 25.0 Å². The van der Waals surface area contributed by atoms with Crippen LogP contribution in [0.5, 0.6) is 0 Å². The number of aromatic nitrogens is 2. The predicted molar refractivity (Wildman–Crippen MR) is 85.9 cm³/mol. The number of carbonyl (C=O) groups is 1. The van der Waals surface area contributed by atoms with Crippen molar-refractivity contribution in [3.63, 3.8) is 0 Å². The Labute approximate surface area is 132 Å². The van der Waals surface area contributed by atoms with E-state index < -0.39 is 0 Å². The first kappa shape index (κ1) is 15.0. The molecule has 23 heavy (non-hydrogen) atoms. The summed E-state index contributed by atoms with van der Waals surface area (Å²) in [5, 5.41) is 2.85. The highest BCUT2D eigenvalue weighted by molar-refractivity contribution is 5.77. The Balaban J connectivity index is 1.58. The topological polar surface area (TPSA) is 77.1 Å². The normalized spacial score (nSPS) is 10.8. The van der Waals surface area contributed by atoms with Crippen molar-refractivity contribution in [3.05, 3.63) is 64.4 Å². The maximum atomic E-state index is 11.9. The van der Waals surface area contributed by atoms with Gasteiger partial charge in [-0.15, -0.1) is 0 Å². The molecule has 0 aliphatic carbocycles. The van der Waals surface area contributed by atoms with E-state index >= 15 is 0 Å². The number of nitrogens with one attached hydrogen (secondary N) is 1. The summed E-state index contributed by atoms with van der Waals surface area (Å²) in [5.74, 6) is -0.415. The zero-order chi connectivity index (χ0) is 16.2. The van der Waals surface area contributed by atoms with Crippen molar-refractivity contribution in [2.24, 2.45) is 7.05 Å². The highest BCUT2D eigenvalue weighted by Crippen LogP contribution is 2.15. The van der Waals surface area contributed by atoms with Crippen LogP contribution in [-0.2, 0) is 24.8 Å². The molecule has 6 heteroatoms. The molecule has 2 heterocycles. The molecule has 0 saturated heterocycles. The van der Waals surface area contributed by atoms with Gasteiger partial charge in [-0.25, -0.2) is 4.79 Å². The van der Waals surface area contributed by atoms with Crippen molar-refractivity contribution in [1.82, 2.24) is 14.9 Å². The van der Waals surface area contributed by atoms with Gasteiger partial charge in [-0.05, 0) is 36.2 Å². The Morgan fingerprint density at radius 1 is 1.30 bits per heavy atom. The van der Waals surface area contributed by atoms with Crippen LogP contribution < -0.4 is 11.1 Å². The second-order valence-corrected chi connectivity index (χ2v) is 5.33. The van der Waals surface area contributed by atoms with Gasteiger partial charge in [-0.1, -0.05) is 12.1 Å². The first-order valence-electron chi connectivity index (χ1n) is 7.38. The van der Waals surface area contributed by atoms with E-state index in [1.165, 1.54) is 4.57 Å². The van der Waals surface area contributed by atoms with Crippen LogP contribution in [0.1, 0.15) is 17.7 Å². The number of carbonyl (C=O) groups excluding carboxylic acids is 1. The molecular formula is C17H17N3O3. The fourth-order valence-corrected chi connectivity index (χ4v) is 2.37. The van der Waals surface area contributed by atoms with Gasteiger partial charge in [-0.2, -0.15) is 0 Å². The number of benzene rings is 1. The number of aryl methyl sites for hydroxylation is 2. The van der Waals surface area contributed by atoms with Crippen LogP contribution in [0.2, 0.25) is 0 Å². The molecule has 0 atom stereocenters. The zero-order valence-electron chi connectivity index (χ0n) is 12.8. The first-order chi connectivity index (χ1) is 11.1. The van der Waals surface area contributed by atoms with Crippen molar-refractivity contribution >= 4 is 17.0 Å². The van der Waals surface area contributed by atoms with Gasteiger partial charge in [0.25, 0.3) is 0 Å². The molecule has 118 valence electrons. The second kappa shape index (κ2) is 6.48. The molecule has 2 aromatic heterocycles. The van der Waals surface area contributed by atoms with Gasteiger partial charge in [0.15, 0.2) is 5.58 Å². The summed E-state index contributed by atoms with van der Waals surface area (Å²) in [6, 6.07) is 11.1. The number of pyridine rings is 1. The lowest BCUT2D eigenvalue weighted by Crippen LogP contribution is -2.23. The van der Waals surface area contributed by atoms with Crippen molar-refractivity contribution in [2.45, 2.75) is 19.4 Å². The monoisotopic (exact) mass is 311 g/mol. The van der Waals surface area contributed by atoms with Gasteiger partial charge in [0.2, 0.25) is 5.91 Å². The fraction of sp³-hybridized carbons (Fsp3) is 0.235. The van der Waals surface area contributed by atoms with E-state index in [9.17, 15) is 9.59 Å². The number of rotatable bonds is 5. The highest BCUT2D eigenvalue weighted by Gasteiger charge is 2.08. The van der Waals surface area contributed by atoms with E-state index in [4.69, 9.17) is 4.42 Å². The molecule has 1 N–H and O–H groups in total. The van der Waals surface area contributed by atoms with E-state index in [1.54, 1.807) is 19.3 Å². The molecule has 1 aromatic carbocycles. The molecule has 0 bridgehead atoms. The molecule has 0 unspecified atom stereocenters. The van der Waals surface area contributed by atoms with Crippen LogP contribution in [0.4, 0.5) is 0 Å². The van der Waals surface area contributed by atoms with E-state index in [2.05, 4.69) is 10.3 Å². The van der Waals surface area contributed by atoms with Crippen LogP contribution >= 0.6 is 0 Å². The van der Waals surface area contributed by atoms with E-state index in [1.807, 2.05) is 30.3 Å². The van der Waals surface area contributed by atoms with Gasteiger partial charge < -0.3 is 9.73 Å². The predicted octanol–water partition coefficient (Wildman–Crippen LogP) is 1.78. The first-order valence-corrected chi connectivity index (χ1v) is 7.38. The average molecular weight is 311 g/mol. The Morgan fingerprint density at radius 3 is 2.96 bits per heavy atom. The molecular weight excluding hydrogens is 294 g/mol. The third-order valence-corrected chi connectivity index (χ3v) is 3.69. The molecule has 3 aromatic rings. The molecule has 0 radical (unpaired) electrons. The lowest BCUT2D eigenvalue weighted by molar-refractivity contribution is -0.121. The zero-order valence-corrected chi connectivity index (χ0v) is 12.8. The fourth-order valence-electron chi connectivity index (χ4n) is 2.37. The van der Waals surface area contributed by atoms with Crippen molar-refractivity contribution in [2.75, 3.05) is 0 Å². The molecule has 0 aliphatic heterocycles. The number of hydrogen-bond acceptors (Lipinski definition) is 4. The largest absolute Gasteiger partial charge is 0.419 e. The molecule has 0 spiro atoms. The number of oxazole rings is 1. The molecule has 0 aliphatic rings. The quantitative estimate of drug-likeness (QED) is 0.779. The highest BCUT2D eigenvalue weighted by atomic mass is 16.4. The van der Waals surface area contributed by atoms with Crippen LogP contribution in [0, 0.1) is 0 Å². The van der Waals surface area contributed by atoms with Crippen molar-refractivity contribution < 1.29 is 9.21 Å². The Kier molecular flexibility index (Phi) is 4.23. The SMILES string of the molecule is Cn1c(=O)oc2ccc(CCC(=O)NCc3ccccn3)cc21. The van der Waals surface area contributed by atoms with Crippen LogP contribution in [0.15, 0.2) is 51.8 Å². The average Bonchev–Trinajstić information content (AvgIpc) is 2.86. The summed E-state index contributed by atoms with van der Waals surface area (Å²) in [6.07, 6.45) is 2.68. The van der Waals surface area contributed by atoms with E-state index in [-0.39, 0.29) is 11.7 Å². The third kappa shape index (κ3) is 3.48. The second-order valence-electron chi connectivity index (χ2n) is 5.33.